The van der Waals surface area contributed by atoms with Crippen LogP contribution in [-0.4, -0.2) is 12.6 Å². The summed E-state index contributed by atoms with van der Waals surface area (Å²) in [7, 11) is 0. The molecule has 1 aromatic rings. The van der Waals surface area contributed by atoms with Crippen LogP contribution in [0.1, 0.15) is 45.1 Å². The average Bonchev–Trinajstić information content (AvgIpc) is 2.84. The first-order valence-electron chi connectivity index (χ1n) is 7.28. The van der Waals surface area contributed by atoms with Gasteiger partial charge in [-0.1, -0.05) is 31.9 Å². The molecule has 0 aliphatic heterocycles. The lowest BCUT2D eigenvalue weighted by atomic mass is 10.0. The van der Waals surface area contributed by atoms with Crippen molar-refractivity contribution in [1.82, 2.24) is 5.32 Å². The Bertz CT molecular complexity index is 364. The minimum absolute atomic E-state index is 0.714. The normalized spacial score (nSPS) is 23.2. The van der Waals surface area contributed by atoms with Gasteiger partial charge in [-0.05, 0) is 43.4 Å². The van der Waals surface area contributed by atoms with Crippen LogP contribution < -0.4 is 10.1 Å². The van der Waals surface area contributed by atoms with Crippen molar-refractivity contribution in [3.8, 4) is 5.75 Å². The van der Waals surface area contributed by atoms with Gasteiger partial charge in [0.2, 0.25) is 0 Å². The Morgan fingerprint density at radius 3 is 2.94 bits per heavy atom. The highest BCUT2D eigenvalue weighted by molar-refractivity contribution is 5.28. The smallest absolute Gasteiger partial charge is 0.119 e. The van der Waals surface area contributed by atoms with Gasteiger partial charge in [0.05, 0.1) is 6.61 Å². The van der Waals surface area contributed by atoms with E-state index in [1.165, 1.54) is 31.2 Å². The predicted octanol–water partition coefficient (Wildman–Crippen LogP) is 3.75. The second-order valence-electron chi connectivity index (χ2n) is 5.17. The molecule has 0 radical (unpaired) electrons. The van der Waals surface area contributed by atoms with Gasteiger partial charge in [-0.15, -0.1) is 0 Å². The summed E-state index contributed by atoms with van der Waals surface area (Å²) in [5.41, 5.74) is 1.32. The molecule has 1 aliphatic carbocycles. The summed E-state index contributed by atoms with van der Waals surface area (Å²) < 4.78 is 5.53. The summed E-state index contributed by atoms with van der Waals surface area (Å²) in [6, 6.07) is 9.13. The van der Waals surface area contributed by atoms with Gasteiger partial charge in [-0.2, -0.15) is 0 Å². The minimum Gasteiger partial charge on any atom is -0.494 e. The lowest BCUT2D eigenvalue weighted by Crippen LogP contribution is -2.31. The predicted molar refractivity (Wildman–Crippen MR) is 75.9 cm³/mol. The first-order chi connectivity index (χ1) is 8.83. The molecule has 1 aliphatic rings. The number of hydrogen-bond donors (Lipinski definition) is 1. The van der Waals surface area contributed by atoms with Crippen molar-refractivity contribution < 1.29 is 4.74 Å². The molecular formula is C16H25NO. The van der Waals surface area contributed by atoms with Crippen LogP contribution in [0.4, 0.5) is 0 Å². The fourth-order valence-electron chi connectivity index (χ4n) is 2.96. The minimum atomic E-state index is 0.714. The number of benzene rings is 1. The Hall–Kier alpha value is -1.02. The van der Waals surface area contributed by atoms with Gasteiger partial charge < -0.3 is 10.1 Å². The van der Waals surface area contributed by atoms with Crippen LogP contribution in [0.2, 0.25) is 0 Å². The quantitative estimate of drug-likeness (QED) is 0.826. The van der Waals surface area contributed by atoms with Crippen LogP contribution in [0.25, 0.3) is 0 Å². The van der Waals surface area contributed by atoms with Crippen molar-refractivity contribution >= 4 is 0 Å². The van der Waals surface area contributed by atoms with Crippen LogP contribution in [-0.2, 0) is 6.54 Å². The molecule has 2 rings (SSSR count). The Kier molecular flexibility index (Phi) is 5.06. The van der Waals surface area contributed by atoms with E-state index in [1.807, 2.05) is 13.0 Å². The lowest BCUT2D eigenvalue weighted by Gasteiger charge is -2.19. The third-order valence-electron chi connectivity index (χ3n) is 3.96. The molecule has 1 saturated carbocycles. The van der Waals surface area contributed by atoms with Gasteiger partial charge in [0.25, 0.3) is 0 Å². The van der Waals surface area contributed by atoms with Gasteiger partial charge in [0.1, 0.15) is 5.75 Å². The molecule has 1 N–H and O–H groups in total. The van der Waals surface area contributed by atoms with Gasteiger partial charge in [-0.3, -0.25) is 0 Å². The van der Waals surface area contributed by atoms with E-state index in [2.05, 4.69) is 30.4 Å². The van der Waals surface area contributed by atoms with Crippen molar-refractivity contribution in [2.75, 3.05) is 6.61 Å². The molecule has 0 aromatic heterocycles. The van der Waals surface area contributed by atoms with E-state index >= 15 is 0 Å². The number of hydrogen-bond acceptors (Lipinski definition) is 2. The third-order valence-corrected chi connectivity index (χ3v) is 3.96. The second-order valence-corrected chi connectivity index (χ2v) is 5.17. The molecular weight excluding hydrogens is 222 g/mol. The highest BCUT2D eigenvalue weighted by atomic mass is 16.5. The largest absolute Gasteiger partial charge is 0.494 e. The molecule has 0 bridgehead atoms. The van der Waals surface area contributed by atoms with Crippen molar-refractivity contribution in [2.45, 2.75) is 52.1 Å². The van der Waals surface area contributed by atoms with E-state index in [0.29, 0.717) is 6.04 Å². The molecule has 100 valence electrons. The Morgan fingerprint density at radius 2 is 2.17 bits per heavy atom. The third kappa shape index (κ3) is 3.49. The summed E-state index contributed by atoms with van der Waals surface area (Å²) in [6.45, 7) is 6.02. The first kappa shape index (κ1) is 13.4. The molecule has 1 fully saturated rings. The van der Waals surface area contributed by atoms with Gasteiger partial charge in [-0.25, -0.2) is 0 Å². The molecule has 18 heavy (non-hydrogen) atoms. The molecule has 0 saturated heterocycles. The molecule has 2 heteroatoms. The first-order valence-corrected chi connectivity index (χ1v) is 7.28. The lowest BCUT2D eigenvalue weighted by molar-refractivity contribution is 0.339. The highest BCUT2D eigenvalue weighted by Crippen LogP contribution is 2.28. The molecule has 2 atom stereocenters. The summed E-state index contributed by atoms with van der Waals surface area (Å²) in [5.74, 6) is 1.86. The maximum atomic E-state index is 5.53. The summed E-state index contributed by atoms with van der Waals surface area (Å²) >= 11 is 0. The van der Waals surface area contributed by atoms with Crippen LogP contribution in [0, 0.1) is 5.92 Å². The number of ether oxygens (including phenoxy) is 1. The Morgan fingerprint density at radius 1 is 1.28 bits per heavy atom. The fourth-order valence-corrected chi connectivity index (χ4v) is 2.96. The van der Waals surface area contributed by atoms with E-state index in [-0.39, 0.29) is 0 Å². The summed E-state index contributed by atoms with van der Waals surface area (Å²) in [4.78, 5) is 0. The standard InChI is InChI=1S/C16H25NO/c1-3-14-8-6-10-16(14)17-12-13-7-5-9-15(11-13)18-4-2/h5,7,9,11,14,16-17H,3-4,6,8,10,12H2,1-2H3. The SMILES string of the molecule is CCOc1cccc(CNC2CCCC2CC)c1. The van der Waals surface area contributed by atoms with E-state index in [1.54, 1.807) is 0 Å². The van der Waals surface area contributed by atoms with Crippen molar-refractivity contribution in [3.05, 3.63) is 29.8 Å². The van der Waals surface area contributed by atoms with E-state index in [4.69, 9.17) is 4.74 Å². The van der Waals surface area contributed by atoms with Crippen molar-refractivity contribution in [2.24, 2.45) is 5.92 Å². The Labute approximate surface area is 111 Å². The fraction of sp³-hybridized carbons (Fsp3) is 0.625. The second kappa shape index (κ2) is 6.79. The molecule has 0 spiro atoms. The molecule has 0 amide bonds. The maximum Gasteiger partial charge on any atom is 0.119 e. The molecule has 0 heterocycles. The van der Waals surface area contributed by atoms with Crippen molar-refractivity contribution in [3.63, 3.8) is 0 Å². The molecule has 1 aromatic carbocycles. The van der Waals surface area contributed by atoms with Crippen LogP contribution in [0.5, 0.6) is 5.75 Å². The zero-order valence-electron chi connectivity index (χ0n) is 11.6. The maximum absolute atomic E-state index is 5.53. The van der Waals surface area contributed by atoms with Gasteiger partial charge in [0.15, 0.2) is 0 Å². The molecule has 2 unspecified atom stereocenters. The number of nitrogens with one attached hydrogen (secondary N) is 1. The van der Waals surface area contributed by atoms with Crippen LogP contribution in [0.15, 0.2) is 24.3 Å². The summed E-state index contributed by atoms with van der Waals surface area (Å²) in [6.07, 6.45) is 5.42. The monoisotopic (exact) mass is 247 g/mol. The summed E-state index contributed by atoms with van der Waals surface area (Å²) in [5, 5.41) is 3.71. The number of rotatable bonds is 6. The van der Waals surface area contributed by atoms with E-state index in [9.17, 15) is 0 Å². The molecule has 2 nitrogen and oxygen atoms in total. The van der Waals surface area contributed by atoms with Gasteiger partial charge >= 0.3 is 0 Å². The van der Waals surface area contributed by atoms with Crippen molar-refractivity contribution in [1.29, 1.82) is 0 Å². The topological polar surface area (TPSA) is 21.3 Å². The van der Waals surface area contributed by atoms with E-state index < -0.39 is 0 Å². The van der Waals surface area contributed by atoms with Crippen LogP contribution in [0.3, 0.4) is 0 Å². The van der Waals surface area contributed by atoms with Gasteiger partial charge in [0, 0.05) is 12.6 Å². The zero-order chi connectivity index (χ0) is 12.8. The van der Waals surface area contributed by atoms with E-state index in [0.717, 1.165) is 24.8 Å². The highest BCUT2D eigenvalue weighted by Gasteiger charge is 2.24. The average molecular weight is 247 g/mol. The van der Waals surface area contributed by atoms with Crippen LogP contribution >= 0.6 is 0 Å². The Balaban J connectivity index is 1.87. The zero-order valence-corrected chi connectivity index (χ0v) is 11.6.